The molecule has 6 heteroatoms. The third-order valence-corrected chi connectivity index (χ3v) is 3.51. The summed E-state index contributed by atoms with van der Waals surface area (Å²) in [7, 11) is 0. The van der Waals surface area contributed by atoms with Crippen molar-refractivity contribution in [2.24, 2.45) is 0 Å². The molecule has 112 valence electrons. The highest BCUT2D eigenvalue weighted by atomic mass is 19.4. The third kappa shape index (κ3) is 3.62. The summed E-state index contributed by atoms with van der Waals surface area (Å²) < 4.78 is 52.4. The van der Waals surface area contributed by atoms with Gasteiger partial charge in [-0.25, -0.2) is 4.39 Å². The second-order valence-corrected chi connectivity index (χ2v) is 5.09. The average Bonchev–Trinajstić information content (AvgIpc) is 2.39. The summed E-state index contributed by atoms with van der Waals surface area (Å²) in [6.07, 6.45) is -4.35. The van der Waals surface area contributed by atoms with Gasteiger partial charge in [-0.15, -0.1) is 0 Å². The minimum atomic E-state index is -4.49. The normalized spacial score (nSPS) is 18.9. The lowest BCUT2D eigenvalue weighted by atomic mass is 10.0. The molecule has 0 aromatic heterocycles. The summed E-state index contributed by atoms with van der Waals surface area (Å²) >= 11 is 0. The minimum Gasteiger partial charge on any atom is -0.382 e. The lowest BCUT2D eigenvalue weighted by Crippen LogP contribution is -2.35. The van der Waals surface area contributed by atoms with Gasteiger partial charge in [0.25, 0.3) is 0 Å². The molecule has 2 nitrogen and oxygen atoms in total. The largest absolute Gasteiger partial charge is 0.418 e. The second-order valence-electron chi connectivity index (χ2n) is 5.09. The van der Waals surface area contributed by atoms with Gasteiger partial charge in [0.2, 0.25) is 0 Å². The second kappa shape index (κ2) is 5.99. The van der Waals surface area contributed by atoms with Crippen LogP contribution in [-0.2, 0) is 6.18 Å². The molecule has 0 saturated carbocycles. The third-order valence-electron chi connectivity index (χ3n) is 3.51. The Morgan fingerprint density at radius 2 is 1.90 bits per heavy atom. The maximum absolute atomic E-state index is 13.2. The molecule has 0 aliphatic carbocycles. The first-order valence-electron chi connectivity index (χ1n) is 6.70. The SMILES string of the molecule is CC(F)c1ccc(NC2CCNCC2)c(C(F)(F)F)c1. The van der Waals surface area contributed by atoms with Crippen LogP contribution in [0.1, 0.15) is 37.1 Å². The smallest absolute Gasteiger partial charge is 0.382 e. The van der Waals surface area contributed by atoms with Gasteiger partial charge in [-0.2, -0.15) is 13.2 Å². The van der Waals surface area contributed by atoms with E-state index in [2.05, 4.69) is 10.6 Å². The van der Waals surface area contributed by atoms with E-state index in [9.17, 15) is 17.6 Å². The molecule has 1 heterocycles. The van der Waals surface area contributed by atoms with E-state index in [1.807, 2.05) is 0 Å². The van der Waals surface area contributed by atoms with Gasteiger partial charge < -0.3 is 10.6 Å². The zero-order valence-electron chi connectivity index (χ0n) is 11.2. The van der Waals surface area contributed by atoms with Crippen LogP contribution in [0.25, 0.3) is 0 Å². The van der Waals surface area contributed by atoms with Crippen molar-refractivity contribution in [3.63, 3.8) is 0 Å². The Bertz CT molecular complexity index is 451. The van der Waals surface area contributed by atoms with Crippen LogP contribution in [0, 0.1) is 0 Å². The highest BCUT2D eigenvalue weighted by Gasteiger charge is 2.34. The fourth-order valence-electron chi connectivity index (χ4n) is 2.36. The predicted octanol–water partition coefficient (Wildman–Crippen LogP) is 3.90. The molecule has 1 aliphatic rings. The molecule has 2 rings (SSSR count). The van der Waals surface area contributed by atoms with E-state index in [4.69, 9.17) is 0 Å². The van der Waals surface area contributed by atoms with Gasteiger partial charge in [0.15, 0.2) is 0 Å². The zero-order chi connectivity index (χ0) is 14.8. The molecule has 1 unspecified atom stereocenters. The Hall–Kier alpha value is -1.30. The lowest BCUT2D eigenvalue weighted by molar-refractivity contribution is -0.137. The maximum Gasteiger partial charge on any atom is 0.418 e. The van der Waals surface area contributed by atoms with Gasteiger partial charge in [0, 0.05) is 11.7 Å². The van der Waals surface area contributed by atoms with Gasteiger partial charge in [-0.1, -0.05) is 6.07 Å². The summed E-state index contributed by atoms with van der Waals surface area (Å²) in [5, 5.41) is 6.10. The van der Waals surface area contributed by atoms with Gasteiger partial charge in [0.05, 0.1) is 5.56 Å². The highest BCUT2D eigenvalue weighted by molar-refractivity contribution is 5.55. The van der Waals surface area contributed by atoms with Crippen molar-refractivity contribution >= 4 is 5.69 Å². The van der Waals surface area contributed by atoms with Crippen molar-refractivity contribution in [1.82, 2.24) is 5.32 Å². The van der Waals surface area contributed by atoms with E-state index < -0.39 is 17.9 Å². The highest BCUT2D eigenvalue weighted by Crippen LogP contribution is 2.37. The Balaban J connectivity index is 2.26. The average molecular weight is 290 g/mol. The fraction of sp³-hybridized carbons (Fsp3) is 0.571. The molecule has 2 N–H and O–H groups in total. The first kappa shape index (κ1) is 15.1. The molecular weight excluding hydrogens is 272 g/mol. The number of rotatable bonds is 3. The molecule has 1 aromatic carbocycles. The molecule has 1 atom stereocenters. The molecule has 0 spiro atoms. The number of anilines is 1. The number of halogens is 4. The van der Waals surface area contributed by atoms with Gasteiger partial charge >= 0.3 is 6.18 Å². The van der Waals surface area contributed by atoms with E-state index in [1.165, 1.54) is 19.1 Å². The number of alkyl halides is 4. The monoisotopic (exact) mass is 290 g/mol. The van der Waals surface area contributed by atoms with Crippen LogP contribution in [0.3, 0.4) is 0 Å². The molecular formula is C14H18F4N2. The number of piperidine rings is 1. The van der Waals surface area contributed by atoms with Crippen LogP contribution in [0.5, 0.6) is 0 Å². The van der Waals surface area contributed by atoms with Gasteiger partial charge in [-0.05, 0) is 50.6 Å². The molecule has 1 saturated heterocycles. The van der Waals surface area contributed by atoms with Crippen molar-refractivity contribution in [2.75, 3.05) is 18.4 Å². The van der Waals surface area contributed by atoms with Gasteiger partial charge in [0.1, 0.15) is 6.17 Å². The van der Waals surface area contributed by atoms with E-state index in [-0.39, 0.29) is 17.3 Å². The molecule has 20 heavy (non-hydrogen) atoms. The first-order chi connectivity index (χ1) is 9.38. The number of hydrogen-bond donors (Lipinski definition) is 2. The van der Waals surface area contributed by atoms with Gasteiger partial charge in [-0.3, -0.25) is 0 Å². The van der Waals surface area contributed by atoms with Crippen LogP contribution < -0.4 is 10.6 Å². The van der Waals surface area contributed by atoms with Crippen LogP contribution in [-0.4, -0.2) is 19.1 Å². The Morgan fingerprint density at radius 3 is 2.45 bits per heavy atom. The summed E-state index contributed by atoms with van der Waals surface area (Å²) in [5.41, 5.74) is -0.708. The molecule has 0 amide bonds. The summed E-state index contributed by atoms with van der Waals surface area (Å²) in [6, 6.07) is 3.65. The standard InChI is InChI=1S/C14H18F4N2/c1-9(15)10-2-3-13(12(8-10)14(16,17)18)20-11-4-6-19-7-5-11/h2-3,8-9,11,19-20H,4-7H2,1H3. The van der Waals surface area contributed by atoms with Crippen molar-refractivity contribution in [3.8, 4) is 0 Å². The quantitative estimate of drug-likeness (QED) is 0.825. The maximum atomic E-state index is 13.2. The number of nitrogens with one attached hydrogen (secondary N) is 2. The van der Waals surface area contributed by atoms with Crippen LogP contribution in [0.2, 0.25) is 0 Å². The van der Waals surface area contributed by atoms with Crippen LogP contribution in [0.4, 0.5) is 23.2 Å². The van der Waals surface area contributed by atoms with E-state index in [0.29, 0.717) is 0 Å². The predicted molar refractivity (Wildman–Crippen MR) is 70.5 cm³/mol. The van der Waals surface area contributed by atoms with E-state index in [1.54, 1.807) is 0 Å². The summed E-state index contributed by atoms with van der Waals surface area (Å²) in [5.74, 6) is 0. The Kier molecular flexibility index (Phi) is 4.52. The topological polar surface area (TPSA) is 24.1 Å². The molecule has 0 radical (unpaired) electrons. The van der Waals surface area contributed by atoms with Crippen molar-refractivity contribution in [1.29, 1.82) is 0 Å². The van der Waals surface area contributed by atoms with Crippen molar-refractivity contribution in [2.45, 2.75) is 38.2 Å². The molecule has 0 bridgehead atoms. The van der Waals surface area contributed by atoms with Crippen molar-refractivity contribution in [3.05, 3.63) is 29.3 Å². The lowest BCUT2D eigenvalue weighted by Gasteiger charge is -2.26. The zero-order valence-corrected chi connectivity index (χ0v) is 11.2. The Labute approximate surface area is 115 Å². The summed E-state index contributed by atoms with van der Waals surface area (Å²) in [4.78, 5) is 0. The minimum absolute atomic E-state index is 0.0194. The number of benzene rings is 1. The fourth-order valence-corrected chi connectivity index (χ4v) is 2.36. The van der Waals surface area contributed by atoms with Crippen LogP contribution >= 0.6 is 0 Å². The first-order valence-corrected chi connectivity index (χ1v) is 6.70. The molecule has 1 fully saturated rings. The van der Waals surface area contributed by atoms with Crippen molar-refractivity contribution < 1.29 is 17.6 Å². The molecule has 1 aromatic rings. The number of hydrogen-bond acceptors (Lipinski definition) is 2. The molecule has 1 aliphatic heterocycles. The summed E-state index contributed by atoms with van der Waals surface area (Å²) in [6.45, 7) is 2.81. The van der Waals surface area contributed by atoms with E-state index >= 15 is 0 Å². The van der Waals surface area contributed by atoms with E-state index in [0.717, 1.165) is 32.0 Å². The Morgan fingerprint density at radius 1 is 1.25 bits per heavy atom. The van der Waals surface area contributed by atoms with Crippen LogP contribution in [0.15, 0.2) is 18.2 Å².